The van der Waals surface area contributed by atoms with Crippen molar-refractivity contribution in [3.63, 3.8) is 0 Å². The second-order valence-corrected chi connectivity index (χ2v) is 8.69. The summed E-state index contributed by atoms with van der Waals surface area (Å²) in [5.41, 5.74) is 1.90. The fourth-order valence-corrected chi connectivity index (χ4v) is 5.94. The predicted molar refractivity (Wildman–Crippen MR) is 97.1 cm³/mol. The van der Waals surface area contributed by atoms with Gasteiger partial charge in [0, 0.05) is 12.1 Å². The molecule has 4 saturated carbocycles. The summed E-state index contributed by atoms with van der Waals surface area (Å²) >= 11 is 0. The molecule has 4 aliphatic carbocycles. The normalized spacial score (nSPS) is 32.4. The average Bonchev–Trinajstić information content (AvgIpc) is 2.57. The van der Waals surface area contributed by atoms with Crippen molar-refractivity contribution in [2.75, 3.05) is 13.1 Å². The Kier molecular flexibility index (Phi) is 4.30. The number of aryl methyl sites for hydroxylation is 1. The number of benzene rings is 1. The van der Waals surface area contributed by atoms with Crippen molar-refractivity contribution in [3.8, 4) is 0 Å². The third-order valence-electron chi connectivity index (χ3n) is 6.62. The number of amides is 2. The van der Waals surface area contributed by atoms with Crippen molar-refractivity contribution in [1.29, 1.82) is 0 Å². The van der Waals surface area contributed by atoms with Crippen molar-refractivity contribution >= 4 is 11.8 Å². The lowest BCUT2D eigenvalue weighted by Crippen LogP contribution is -2.52. The Labute approximate surface area is 149 Å². The lowest BCUT2D eigenvalue weighted by Gasteiger charge is -2.56. The Morgan fingerprint density at radius 1 is 1.00 bits per heavy atom. The second kappa shape index (κ2) is 6.47. The van der Waals surface area contributed by atoms with Gasteiger partial charge in [-0.15, -0.1) is 0 Å². The third kappa shape index (κ3) is 3.44. The van der Waals surface area contributed by atoms with Crippen LogP contribution < -0.4 is 10.6 Å². The molecular formula is C21H28N2O2. The summed E-state index contributed by atoms with van der Waals surface area (Å²) in [6.45, 7) is 2.75. The van der Waals surface area contributed by atoms with Crippen LogP contribution >= 0.6 is 0 Å². The van der Waals surface area contributed by atoms with Crippen molar-refractivity contribution in [3.05, 3.63) is 35.4 Å². The SMILES string of the molecule is Cc1ccccc1C(=O)NCC(=O)NCC12CC3CC(CC(C3)C1)C2. The maximum absolute atomic E-state index is 12.2. The van der Waals surface area contributed by atoms with Gasteiger partial charge in [-0.3, -0.25) is 9.59 Å². The molecule has 4 aliphatic rings. The molecule has 0 saturated heterocycles. The van der Waals surface area contributed by atoms with Gasteiger partial charge in [0.1, 0.15) is 0 Å². The van der Waals surface area contributed by atoms with Crippen LogP contribution in [0.1, 0.15) is 54.4 Å². The van der Waals surface area contributed by atoms with E-state index in [2.05, 4.69) is 10.6 Å². The van der Waals surface area contributed by atoms with Gasteiger partial charge in [-0.1, -0.05) is 18.2 Å². The predicted octanol–water partition coefficient (Wildman–Crippen LogP) is 3.06. The molecule has 1 aromatic rings. The Morgan fingerprint density at radius 3 is 2.20 bits per heavy atom. The molecule has 0 aromatic heterocycles. The van der Waals surface area contributed by atoms with Gasteiger partial charge in [0.15, 0.2) is 0 Å². The van der Waals surface area contributed by atoms with Crippen LogP contribution in [0.15, 0.2) is 24.3 Å². The molecule has 4 heteroatoms. The first-order chi connectivity index (χ1) is 12.0. The number of rotatable bonds is 5. The van der Waals surface area contributed by atoms with E-state index in [9.17, 15) is 9.59 Å². The fraction of sp³-hybridized carbons (Fsp3) is 0.619. The van der Waals surface area contributed by atoms with Crippen molar-refractivity contribution < 1.29 is 9.59 Å². The monoisotopic (exact) mass is 340 g/mol. The highest BCUT2D eigenvalue weighted by Gasteiger charge is 2.50. The molecule has 25 heavy (non-hydrogen) atoms. The van der Waals surface area contributed by atoms with Gasteiger partial charge in [-0.25, -0.2) is 0 Å². The molecule has 134 valence electrons. The fourth-order valence-electron chi connectivity index (χ4n) is 5.94. The minimum Gasteiger partial charge on any atom is -0.354 e. The van der Waals surface area contributed by atoms with Crippen molar-refractivity contribution in [1.82, 2.24) is 10.6 Å². The average molecular weight is 340 g/mol. The first-order valence-corrected chi connectivity index (χ1v) is 9.63. The zero-order valence-electron chi connectivity index (χ0n) is 15.0. The van der Waals surface area contributed by atoms with Crippen LogP contribution in [0.5, 0.6) is 0 Å². The molecule has 4 fully saturated rings. The van der Waals surface area contributed by atoms with Gasteiger partial charge < -0.3 is 10.6 Å². The van der Waals surface area contributed by atoms with E-state index >= 15 is 0 Å². The summed E-state index contributed by atoms with van der Waals surface area (Å²) < 4.78 is 0. The third-order valence-corrected chi connectivity index (χ3v) is 6.62. The summed E-state index contributed by atoms with van der Waals surface area (Å²) in [6, 6.07) is 7.44. The number of hydrogen-bond acceptors (Lipinski definition) is 2. The summed E-state index contributed by atoms with van der Waals surface area (Å²) in [5.74, 6) is 2.43. The van der Waals surface area contributed by atoms with Gasteiger partial charge in [0.05, 0.1) is 6.54 Å². The highest BCUT2D eigenvalue weighted by Crippen LogP contribution is 2.59. The molecule has 1 aromatic carbocycles. The van der Waals surface area contributed by atoms with Gasteiger partial charge in [-0.2, -0.15) is 0 Å². The van der Waals surface area contributed by atoms with Crippen molar-refractivity contribution in [2.24, 2.45) is 23.2 Å². The summed E-state index contributed by atoms with van der Waals surface area (Å²) in [6.07, 6.45) is 8.11. The summed E-state index contributed by atoms with van der Waals surface area (Å²) in [5, 5.41) is 5.85. The maximum Gasteiger partial charge on any atom is 0.251 e. The Morgan fingerprint density at radius 2 is 1.60 bits per heavy atom. The molecule has 0 aliphatic heterocycles. The van der Waals surface area contributed by atoms with Gasteiger partial charge in [0.25, 0.3) is 5.91 Å². The number of carbonyl (C=O) groups excluding carboxylic acids is 2. The van der Waals surface area contributed by atoms with Crippen LogP contribution in [0.25, 0.3) is 0 Å². The topological polar surface area (TPSA) is 58.2 Å². The number of hydrogen-bond donors (Lipinski definition) is 2. The van der Waals surface area contributed by atoms with Crippen LogP contribution in [0.4, 0.5) is 0 Å². The molecule has 2 amide bonds. The highest BCUT2D eigenvalue weighted by molar-refractivity contribution is 5.97. The maximum atomic E-state index is 12.2. The van der Waals surface area contributed by atoms with E-state index in [1.807, 2.05) is 25.1 Å². The van der Waals surface area contributed by atoms with Crippen LogP contribution in [0.2, 0.25) is 0 Å². The molecule has 0 heterocycles. The minimum atomic E-state index is -0.178. The number of nitrogens with one attached hydrogen (secondary N) is 2. The molecule has 0 radical (unpaired) electrons. The number of carbonyl (C=O) groups is 2. The highest BCUT2D eigenvalue weighted by atomic mass is 16.2. The van der Waals surface area contributed by atoms with Gasteiger partial charge in [0.2, 0.25) is 5.91 Å². The zero-order chi connectivity index (χ0) is 17.4. The van der Waals surface area contributed by atoms with E-state index in [1.165, 1.54) is 38.5 Å². The summed E-state index contributed by atoms with van der Waals surface area (Å²) in [4.78, 5) is 24.4. The molecular weight excluding hydrogens is 312 g/mol. The Bertz CT molecular complexity index is 647. The molecule has 2 N–H and O–H groups in total. The lowest BCUT2D eigenvalue weighted by molar-refractivity contribution is -0.122. The first-order valence-electron chi connectivity index (χ1n) is 9.63. The van der Waals surface area contributed by atoms with E-state index < -0.39 is 0 Å². The first kappa shape index (κ1) is 16.6. The van der Waals surface area contributed by atoms with Crippen LogP contribution in [-0.4, -0.2) is 24.9 Å². The van der Waals surface area contributed by atoms with E-state index in [4.69, 9.17) is 0 Å². The lowest BCUT2D eigenvalue weighted by atomic mass is 9.49. The zero-order valence-corrected chi connectivity index (χ0v) is 15.0. The molecule has 5 rings (SSSR count). The molecule has 4 nitrogen and oxygen atoms in total. The molecule has 4 bridgehead atoms. The molecule has 0 unspecified atom stereocenters. The van der Waals surface area contributed by atoms with E-state index in [0.717, 1.165) is 29.9 Å². The largest absolute Gasteiger partial charge is 0.354 e. The van der Waals surface area contributed by atoms with Crippen LogP contribution in [0.3, 0.4) is 0 Å². The van der Waals surface area contributed by atoms with Crippen LogP contribution in [-0.2, 0) is 4.79 Å². The van der Waals surface area contributed by atoms with Crippen LogP contribution in [0, 0.1) is 30.1 Å². The molecule has 0 atom stereocenters. The van der Waals surface area contributed by atoms with Crippen molar-refractivity contribution in [2.45, 2.75) is 45.4 Å². The Balaban J connectivity index is 1.27. The quantitative estimate of drug-likeness (QED) is 0.865. The van der Waals surface area contributed by atoms with Gasteiger partial charge >= 0.3 is 0 Å². The Hall–Kier alpha value is -1.84. The van der Waals surface area contributed by atoms with E-state index in [0.29, 0.717) is 11.0 Å². The van der Waals surface area contributed by atoms with E-state index in [-0.39, 0.29) is 18.4 Å². The smallest absolute Gasteiger partial charge is 0.251 e. The second-order valence-electron chi connectivity index (χ2n) is 8.69. The minimum absolute atomic E-state index is 0.0551. The standard InChI is InChI=1S/C21H28N2O2/c1-14-4-2-3-5-18(14)20(25)22-12-19(24)23-13-21-9-15-6-16(10-21)8-17(7-15)11-21/h2-5,15-17H,6-13H2,1H3,(H,22,25)(H,23,24). The van der Waals surface area contributed by atoms with E-state index in [1.54, 1.807) is 6.07 Å². The van der Waals surface area contributed by atoms with Gasteiger partial charge in [-0.05, 0) is 80.2 Å². The summed E-state index contributed by atoms with van der Waals surface area (Å²) in [7, 11) is 0. The molecule has 0 spiro atoms.